The fourth-order valence-corrected chi connectivity index (χ4v) is 1.82. The zero-order valence-corrected chi connectivity index (χ0v) is 9.14. The average Bonchev–Trinajstić information content (AvgIpc) is 2.93. The third-order valence-electron chi connectivity index (χ3n) is 2.67. The Bertz CT molecular complexity index is 502. The van der Waals surface area contributed by atoms with Crippen molar-refractivity contribution >= 4 is 17.7 Å². The number of ether oxygens (including phenoxy) is 1. The summed E-state index contributed by atoms with van der Waals surface area (Å²) in [6, 6.07) is 1.93. The summed E-state index contributed by atoms with van der Waals surface area (Å²) in [5, 5.41) is 15.1. The van der Waals surface area contributed by atoms with Crippen LogP contribution in [0.1, 0.15) is 12.0 Å². The van der Waals surface area contributed by atoms with E-state index in [0.717, 1.165) is 0 Å². The smallest absolute Gasteiger partial charge is 0.311 e. The minimum absolute atomic E-state index is 0.0938. The Morgan fingerprint density at radius 3 is 3.18 bits per heavy atom. The van der Waals surface area contributed by atoms with Crippen molar-refractivity contribution in [2.75, 3.05) is 18.6 Å². The molecule has 2 heterocycles. The van der Waals surface area contributed by atoms with Crippen molar-refractivity contribution in [1.82, 2.24) is 10.2 Å². The predicted octanol–water partition coefficient (Wildman–Crippen LogP) is -0.193. The van der Waals surface area contributed by atoms with Crippen molar-refractivity contribution in [1.29, 1.82) is 5.26 Å². The molecule has 1 aromatic heterocycles. The molecular weight excluding hydrogens is 224 g/mol. The molecule has 0 radical (unpaired) electrons. The van der Waals surface area contributed by atoms with E-state index in [-0.39, 0.29) is 24.4 Å². The van der Waals surface area contributed by atoms with Crippen LogP contribution in [0.5, 0.6) is 0 Å². The predicted molar refractivity (Wildman–Crippen MR) is 55.8 cm³/mol. The summed E-state index contributed by atoms with van der Waals surface area (Å²) in [6.07, 6.45) is 1.44. The summed E-state index contributed by atoms with van der Waals surface area (Å²) in [4.78, 5) is 24.4. The Kier molecular flexibility index (Phi) is 2.78. The first-order valence-electron chi connectivity index (χ1n) is 4.99. The van der Waals surface area contributed by atoms with E-state index in [1.807, 2.05) is 6.07 Å². The van der Waals surface area contributed by atoms with Crippen LogP contribution in [0.4, 0.5) is 5.82 Å². The van der Waals surface area contributed by atoms with Gasteiger partial charge in [-0.2, -0.15) is 10.4 Å². The molecule has 0 saturated carbocycles. The third-order valence-corrected chi connectivity index (χ3v) is 2.67. The van der Waals surface area contributed by atoms with E-state index in [9.17, 15) is 9.59 Å². The Morgan fingerprint density at radius 1 is 1.76 bits per heavy atom. The zero-order valence-electron chi connectivity index (χ0n) is 9.14. The minimum atomic E-state index is -0.484. The number of H-pyrrole nitrogens is 1. The lowest BCUT2D eigenvalue weighted by atomic mass is 10.1. The third kappa shape index (κ3) is 1.85. The fraction of sp³-hybridized carbons (Fsp3) is 0.400. The number of rotatable bonds is 2. The number of hydrogen-bond acceptors (Lipinski definition) is 5. The van der Waals surface area contributed by atoms with E-state index < -0.39 is 11.9 Å². The number of nitrogens with zero attached hydrogens (tertiary/aromatic N) is 3. The minimum Gasteiger partial charge on any atom is -0.469 e. The second-order valence-electron chi connectivity index (χ2n) is 3.67. The molecule has 0 spiro atoms. The molecule has 1 N–H and O–H groups in total. The van der Waals surface area contributed by atoms with Gasteiger partial charge >= 0.3 is 5.97 Å². The number of hydrogen-bond donors (Lipinski definition) is 1. The van der Waals surface area contributed by atoms with Gasteiger partial charge in [0.25, 0.3) is 0 Å². The molecule has 1 fully saturated rings. The Hall–Kier alpha value is -2.36. The highest BCUT2D eigenvalue weighted by atomic mass is 16.5. The second kappa shape index (κ2) is 4.25. The van der Waals surface area contributed by atoms with Crippen LogP contribution in [0.2, 0.25) is 0 Å². The Balaban J connectivity index is 2.22. The van der Waals surface area contributed by atoms with E-state index in [1.165, 1.54) is 18.2 Å². The molecule has 1 aromatic rings. The van der Waals surface area contributed by atoms with Crippen LogP contribution in [-0.4, -0.2) is 35.7 Å². The lowest BCUT2D eigenvalue weighted by Crippen LogP contribution is -2.27. The molecule has 0 aromatic carbocycles. The number of nitriles is 1. The molecule has 1 aliphatic heterocycles. The molecule has 7 heteroatoms. The van der Waals surface area contributed by atoms with Crippen LogP contribution in [0.15, 0.2) is 6.20 Å². The summed E-state index contributed by atoms with van der Waals surface area (Å²) in [7, 11) is 1.28. The first-order chi connectivity index (χ1) is 8.17. The van der Waals surface area contributed by atoms with E-state index in [4.69, 9.17) is 5.26 Å². The summed E-state index contributed by atoms with van der Waals surface area (Å²) < 4.78 is 4.60. The van der Waals surface area contributed by atoms with Gasteiger partial charge in [-0.25, -0.2) is 0 Å². The molecule has 1 amide bonds. The van der Waals surface area contributed by atoms with E-state index in [2.05, 4.69) is 14.9 Å². The molecule has 1 atom stereocenters. The van der Waals surface area contributed by atoms with Crippen LogP contribution in [0.25, 0.3) is 0 Å². The van der Waals surface area contributed by atoms with E-state index in [1.54, 1.807) is 0 Å². The highest BCUT2D eigenvalue weighted by molar-refractivity contribution is 5.99. The van der Waals surface area contributed by atoms with Crippen molar-refractivity contribution in [3.63, 3.8) is 0 Å². The molecule has 17 heavy (non-hydrogen) atoms. The zero-order chi connectivity index (χ0) is 12.4. The van der Waals surface area contributed by atoms with Gasteiger partial charge in [0.2, 0.25) is 5.91 Å². The molecule has 1 saturated heterocycles. The lowest BCUT2D eigenvalue weighted by molar-refractivity contribution is -0.145. The highest BCUT2D eigenvalue weighted by Crippen LogP contribution is 2.26. The number of carbonyl (C=O) groups excluding carboxylic acids is 2. The van der Waals surface area contributed by atoms with Crippen molar-refractivity contribution in [2.45, 2.75) is 6.42 Å². The van der Waals surface area contributed by atoms with Crippen molar-refractivity contribution in [3.05, 3.63) is 11.8 Å². The van der Waals surface area contributed by atoms with Crippen LogP contribution in [0, 0.1) is 17.2 Å². The van der Waals surface area contributed by atoms with Crippen LogP contribution in [-0.2, 0) is 14.3 Å². The van der Waals surface area contributed by atoms with Gasteiger partial charge in [-0.3, -0.25) is 19.6 Å². The number of nitrogens with one attached hydrogen (secondary N) is 1. The summed E-state index contributed by atoms with van der Waals surface area (Å²) in [5.74, 6) is -0.786. The molecule has 1 aliphatic rings. The van der Waals surface area contributed by atoms with Crippen molar-refractivity contribution < 1.29 is 14.3 Å². The average molecular weight is 234 g/mol. The largest absolute Gasteiger partial charge is 0.469 e. The van der Waals surface area contributed by atoms with Gasteiger partial charge in [0.15, 0.2) is 0 Å². The van der Waals surface area contributed by atoms with Crippen molar-refractivity contribution in [2.24, 2.45) is 5.92 Å². The number of methoxy groups -OCH3 is 1. The maximum absolute atomic E-state index is 11.7. The SMILES string of the molecule is COC(=O)C1CC(=O)N(c2[nH]ncc2C#N)C1. The summed E-state index contributed by atoms with van der Waals surface area (Å²) in [5.41, 5.74) is 0.281. The van der Waals surface area contributed by atoms with Gasteiger partial charge in [0.05, 0.1) is 19.2 Å². The Morgan fingerprint density at radius 2 is 2.53 bits per heavy atom. The fourth-order valence-electron chi connectivity index (χ4n) is 1.82. The maximum atomic E-state index is 11.7. The molecule has 2 rings (SSSR count). The first-order valence-corrected chi connectivity index (χ1v) is 4.99. The number of esters is 1. The standard InChI is InChI=1S/C10H10N4O3/c1-17-10(16)6-2-8(15)14(5-6)9-7(3-11)4-12-13-9/h4,6H,2,5H2,1H3,(H,12,13). The van der Waals surface area contributed by atoms with E-state index >= 15 is 0 Å². The number of carbonyl (C=O) groups is 2. The van der Waals surface area contributed by atoms with Gasteiger partial charge in [0, 0.05) is 13.0 Å². The number of amides is 1. The Labute approximate surface area is 97.0 Å². The van der Waals surface area contributed by atoms with Crippen LogP contribution in [0.3, 0.4) is 0 Å². The normalized spacial score (nSPS) is 19.2. The first kappa shape index (κ1) is 11.1. The van der Waals surface area contributed by atoms with Gasteiger partial charge in [0.1, 0.15) is 17.5 Å². The molecule has 0 aliphatic carbocycles. The van der Waals surface area contributed by atoms with Gasteiger partial charge in [-0.1, -0.05) is 0 Å². The van der Waals surface area contributed by atoms with Crippen LogP contribution < -0.4 is 4.90 Å². The quantitative estimate of drug-likeness (QED) is 0.715. The van der Waals surface area contributed by atoms with Crippen molar-refractivity contribution in [3.8, 4) is 6.07 Å². The summed E-state index contributed by atoms with van der Waals surface area (Å²) >= 11 is 0. The molecule has 0 bridgehead atoms. The molecule has 1 unspecified atom stereocenters. The second-order valence-corrected chi connectivity index (χ2v) is 3.67. The lowest BCUT2D eigenvalue weighted by Gasteiger charge is -2.13. The molecule has 88 valence electrons. The van der Waals surface area contributed by atoms with Gasteiger partial charge in [-0.05, 0) is 0 Å². The monoisotopic (exact) mass is 234 g/mol. The number of aromatic amines is 1. The number of anilines is 1. The molecular formula is C10H10N4O3. The highest BCUT2D eigenvalue weighted by Gasteiger charge is 2.37. The summed E-state index contributed by atoms with van der Waals surface area (Å²) in [6.45, 7) is 0.211. The van der Waals surface area contributed by atoms with Gasteiger partial charge in [-0.15, -0.1) is 0 Å². The van der Waals surface area contributed by atoms with E-state index in [0.29, 0.717) is 5.82 Å². The molecule has 7 nitrogen and oxygen atoms in total. The number of aromatic nitrogens is 2. The maximum Gasteiger partial charge on any atom is 0.311 e. The topological polar surface area (TPSA) is 99.1 Å². The van der Waals surface area contributed by atoms with Crippen LogP contribution >= 0.6 is 0 Å². The van der Waals surface area contributed by atoms with Gasteiger partial charge < -0.3 is 4.74 Å².